The zero-order valence-electron chi connectivity index (χ0n) is 16.4. The van der Waals surface area contributed by atoms with Crippen LogP contribution in [0.15, 0.2) is 85.1 Å². The van der Waals surface area contributed by atoms with Crippen molar-refractivity contribution in [2.45, 2.75) is 6.54 Å². The maximum Gasteiger partial charge on any atom is 0.202 e. The maximum absolute atomic E-state index is 13.3. The lowest BCUT2D eigenvalue weighted by Gasteiger charge is -2.08. The zero-order valence-corrected chi connectivity index (χ0v) is 16.4. The molecule has 0 saturated heterocycles. The largest absolute Gasteiger partial charge is 0.496 e. The van der Waals surface area contributed by atoms with E-state index in [0.29, 0.717) is 29.2 Å². The van der Waals surface area contributed by atoms with E-state index >= 15 is 0 Å². The van der Waals surface area contributed by atoms with Gasteiger partial charge in [0.15, 0.2) is 5.82 Å². The average Bonchev–Trinajstić information content (AvgIpc) is 3.23. The summed E-state index contributed by atoms with van der Waals surface area (Å²) >= 11 is 0. The fourth-order valence-corrected chi connectivity index (χ4v) is 3.15. The van der Waals surface area contributed by atoms with Crippen molar-refractivity contribution in [3.8, 4) is 11.4 Å². The van der Waals surface area contributed by atoms with Gasteiger partial charge in [-0.2, -0.15) is 0 Å². The van der Waals surface area contributed by atoms with Gasteiger partial charge in [0.05, 0.1) is 23.9 Å². The number of nitrogens with one attached hydrogen (secondary N) is 1. The lowest BCUT2D eigenvalue weighted by Crippen LogP contribution is -2.08. The molecule has 0 atom stereocenters. The molecule has 0 amide bonds. The molecular weight excluding hydrogens is 381 g/mol. The molecule has 1 heterocycles. The Morgan fingerprint density at radius 2 is 1.67 bits per heavy atom. The number of methoxy groups -OCH3 is 1. The van der Waals surface area contributed by atoms with Gasteiger partial charge in [0, 0.05) is 12.7 Å². The molecule has 0 unspecified atom stereocenters. The van der Waals surface area contributed by atoms with Crippen LogP contribution in [0, 0.1) is 5.82 Å². The second-order valence-electron chi connectivity index (χ2n) is 6.68. The second-order valence-corrected chi connectivity index (χ2v) is 6.68. The van der Waals surface area contributed by atoms with E-state index in [1.165, 1.54) is 19.2 Å². The van der Waals surface area contributed by atoms with Gasteiger partial charge in [0.1, 0.15) is 11.6 Å². The highest BCUT2D eigenvalue weighted by Crippen LogP contribution is 2.26. The van der Waals surface area contributed by atoms with E-state index in [1.807, 2.05) is 36.4 Å². The Balaban J connectivity index is 1.70. The van der Waals surface area contributed by atoms with Crippen LogP contribution >= 0.6 is 0 Å². The second kappa shape index (κ2) is 8.61. The van der Waals surface area contributed by atoms with Crippen LogP contribution in [0.4, 0.5) is 10.2 Å². The number of hydrogen-bond acceptors (Lipinski definition) is 4. The average molecular weight is 401 g/mol. The lowest BCUT2D eigenvalue weighted by atomic mass is 10.0. The van der Waals surface area contributed by atoms with Gasteiger partial charge in [0.25, 0.3) is 0 Å². The quantitative estimate of drug-likeness (QED) is 0.449. The highest BCUT2D eigenvalue weighted by atomic mass is 19.1. The number of nitrogens with zero attached hydrogens (tertiary/aromatic N) is 2. The Hall–Kier alpha value is -3.93. The van der Waals surface area contributed by atoms with Crippen molar-refractivity contribution in [3.63, 3.8) is 0 Å². The summed E-state index contributed by atoms with van der Waals surface area (Å²) < 4.78 is 20.2. The Morgan fingerprint density at radius 1 is 0.967 bits per heavy atom. The monoisotopic (exact) mass is 401 g/mol. The number of carbonyl (C=O) groups excluding carboxylic acids is 1. The summed E-state index contributed by atoms with van der Waals surface area (Å²) in [4.78, 5) is 13.3. The number of carbonyl (C=O) groups is 1. The minimum Gasteiger partial charge on any atom is -0.496 e. The number of anilines is 1. The van der Waals surface area contributed by atoms with Crippen LogP contribution in [0.25, 0.3) is 5.69 Å². The summed E-state index contributed by atoms with van der Waals surface area (Å²) in [5.41, 5.74) is 2.59. The summed E-state index contributed by atoms with van der Waals surface area (Å²) in [7, 11) is 1.53. The molecule has 1 N–H and O–H groups in total. The highest BCUT2D eigenvalue weighted by molar-refractivity contribution is 6.13. The lowest BCUT2D eigenvalue weighted by molar-refractivity contribution is 0.103. The van der Waals surface area contributed by atoms with Gasteiger partial charge in [-0.25, -0.2) is 9.07 Å². The Morgan fingerprint density at radius 3 is 2.40 bits per heavy atom. The summed E-state index contributed by atoms with van der Waals surface area (Å²) in [6.07, 6.45) is 1.71. The van der Waals surface area contributed by atoms with E-state index in [4.69, 9.17) is 4.74 Å². The first-order valence-electron chi connectivity index (χ1n) is 9.47. The molecule has 0 aliphatic rings. The molecule has 0 bridgehead atoms. The normalized spacial score (nSPS) is 10.6. The Kier molecular flexibility index (Phi) is 5.57. The van der Waals surface area contributed by atoms with Crippen molar-refractivity contribution in [3.05, 3.63) is 108 Å². The Labute approximate surface area is 173 Å². The Bertz CT molecular complexity index is 1150. The smallest absolute Gasteiger partial charge is 0.202 e. The molecule has 0 aliphatic carbocycles. The number of ketones is 1. The SMILES string of the molecule is COc1ccccc1C(=O)c1cn(-c2ccccc2)nc1NCc1ccc(F)cc1. The molecule has 0 radical (unpaired) electrons. The minimum absolute atomic E-state index is 0.198. The van der Waals surface area contributed by atoms with E-state index in [0.717, 1.165) is 11.3 Å². The third-order valence-corrected chi connectivity index (χ3v) is 4.70. The fraction of sp³-hybridized carbons (Fsp3) is 0.0833. The van der Waals surface area contributed by atoms with E-state index in [2.05, 4.69) is 10.4 Å². The summed E-state index contributed by atoms with van der Waals surface area (Å²) in [5, 5.41) is 7.80. The first-order valence-corrected chi connectivity index (χ1v) is 9.47. The van der Waals surface area contributed by atoms with E-state index in [9.17, 15) is 9.18 Å². The minimum atomic E-state index is -0.292. The summed E-state index contributed by atoms with van der Waals surface area (Å²) in [6, 6.07) is 22.8. The number of aromatic nitrogens is 2. The predicted octanol–water partition coefficient (Wildman–Crippen LogP) is 4.86. The van der Waals surface area contributed by atoms with Gasteiger partial charge in [-0.05, 0) is 42.0 Å². The van der Waals surface area contributed by atoms with Crippen molar-refractivity contribution in [2.24, 2.45) is 0 Å². The molecule has 30 heavy (non-hydrogen) atoms. The number of rotatable bonds is 7. The maximum atomic E-state index is 13.3. The van der Waals surface area contributed by atoms with Gasteiger partial charge in [-0.1, -0.05) is 42.5 Å². The van der Waals surface area contributed by atoms with Crippen LogP contribution in [0.3, 0.4) is 0 Å². The number of benzene rings is 3. The molecule has 4 rings (SSSR count). The van der Waals surface area contributed by atoms with Gasteiger partial charge in [-0.15, -0.1) is 5.10 Å². The van der Waals surface area contributed by atoms with Crippen LogP contribution in [0.2, 0.25) is 0 Å². The topological polar surface area (TPSA) is 56.2 Å². The third kappa shape index (κ3) is 4.07. The van der Waals surface area contributed by atoms with Crippen LogP contribution in [0.5, 0.6) is 5.75 Å². The number of halogens is 1. The van der Waals surface area contributed by atoms with Crippen LogP contribution in [-0.4, -0.2) is 22.7 Å². The standard InChI is InChI=1S/C24H20FN3O2/c1-30-22-10-6-5-9-20(22)23(29)21-16-28(19-7-3-2-4-8-19)27-24(21)26-15-17-11-13-18(25)14-12-17/h2-14,16H,15H2,1H3,(H,26,27). The molecular formula is C24H20FN3O2. The van der Waals surface area contributed by atoms with E-state index < -0.39 is 0 Å². The van der Waals surface area contributed by atoms with Crippen molar-refractivity contribution in [1.82, 2.24) is 9.78 Å². The zero-order chi connectivity index (χ0) is 20.9. The molecule has 3 aromatic carbocycles. The third-order valence-electron chi connectivity index (χ3n) is 4.70. The van der Waals surface area contributed by atoms with Crippen molar-refractivity contribution in [1.29, 1.82) is 0 Å². The number of hydrogen-bond donors (Lipinski definition) is 1. The van der Waals surface area contributed by atoms with Crippen molar-refractivity contribution < 1.29 is 13.9 Å². The van der Waals surface area contributed by atoms with Gasteiger partial charge >= 0.3 is 0 Å². The molecule has 4 aromatic rings. The van der Waals surface area contributed by atoms with Gasteiger partial charge < -0.3 is 10.1 Å². The number of ether oxygens (including phenoxy) is 1. The van der Waals surface area contributed by atoms with Gasteiger partial charge in [-0.3, -0.25) is 4.79 Å². The molecule has 0 aliphatic heterocycles. The molecule has 6 heteroatoms. The van der Waals surface area contributed by atoms with E-state index in [-0.39, 0.29) is 11.6 Å². The highest BCUT2D eigenvalue weighted by Gasteiger charge is 2.21. The van der Waals surface area contributed by atoms with Crippen molar-refractivity contribution in [2.75, 3.05) is 12.4 Å². The van der Waals surface area contributed by atoms with Crippen LogP contribution in [0.1, 0.15) is 21.5 Å². The van der Waals surface area contributed by atoms with E-state index in [1.54, 1.807) is 41.2 Å². The molecule has 0 spiro atoms. The van der Waals surface area contributed by atoms with Crippen molar-refractivity contribution >= 4 is 11.6 Å². The molecule has 0 fully saturated rings. The summed E-state index contributed by atoms with van der Waals surface area (Å²) in [6.45, 7) is 0.401. The first-order chi connectivity index (χ1) is 14.7. The number of para-hydroxylation sites is 2. The molecule has 0 saturated carbocycles. The molecule has 1 aromatic heterocycles. The van der Waals surface area contributed by atoms with Gasteiger partial charge in [0.2, 0.25) is 5.78 Å². The first kappa shape index (κ1) is 19.4. The molecule has 5 nitrogen and oxygen atoms in total. The molecule has 150 valence electrons. The van der Waals surface area contributed by atoms with Crippen LogP contribution in [-0.2, 0) is 6.54 Å². The van der Waals surface area contributed by atoms with Crippen LogP contribution < -0.4 is 10.1 Å². The summed E-state index contributed by atoms with van der Waals surface area (Å²) in [5.74, 6) is 0.453. The predicted molar refractivity (Wildman–Crippen MR) is 114 cm³/mol. The fourth-order valence-electron chi connectivity index (χ4n) is 3.15.